The molecule has 0 radical (unpaired) electrons. The molecule has 0 fully saturated rings. The van der Waals surface area contributed by atoms with Gasteiger partial charge in [-0.25, -0.2) is 5.01 Å². The second-order valence-electron chi connectivity index (χ2n) is 7.92. The number of halogens is 1. The van der Waals surface area contributed by atoms with Gasteiger partial charge in [0.15, 0.2) is 11.5 Å². The minimum Gasteiger partial charge on any atom is -0.493 e. The van der Waals surface area contributed by atoms with Crippen LogP contribution in [0, 0.1) is 0 Å². The molecule has 2 amide bonds. The van der Waals surface area contributed by atoms with Crippen molar-refractivity contribution in [3.8, 4) is 11.5 Å². The molecule has 0 atom stereocenters. The Balaban J connectivity index is 1.52. The van der Waals surface area contributed by atoms with Crippen LogP contribution in [-0.2, 0) is 0 Å². The summed E-state index contributed by atoms with van der Waals surface area (Å²) in [6.45, 7) is 2.94. The number of nitrogens with one attached hydrogen (secondary N) is 1. The first-order chi connectivity index (χ1) is 17.0. The average Bonchev–Trinajstić information content (AvgIpc) is 2.89. The normalized spacial score (nSPS) is 13.1. The van der Waals surface area contributed by atoms with E-state index in [1.54, 1.807) is 55.6 Å². The molecule has 0 spiro atoms. The van der Waals surface area contributed by atoms with E-state index >= 15 is 0 Å². The van der Waals surface area contributed by atoms with Crippen molar-refractivity contribution < 1.29 is 19.1 Å². The Morgan fingerprint density at radius 1 is 1.03 bits per heavy atom. The maximum atomic E-state index is 13.2. The van der Waals surface area contributed by atoms with Crippen molar-refractivity contribution >= 4 is 34.8 Å². The van der Waals surface area contributed by atoms with E-state index in [1.807, 2.05) is 25.1 Å². The van der Waals surface area contributed by atoms with E-state index in [1.165, 1.54) is 5.01 Å². The predicted octanol–water partition coefficient (Wildman–Crippen LogP) is 5.64. The van der Waals surface area contributed by atoms with Crippen molar-refractivity contribution in [2.75, 3.05) is 25.6 Å². The predicted molar refractivity (Wildman–Crippen MR) is 137 cm³/mol. The zero-order valence-electron chi connectivity index (χ0n) is 19.6. The number of hydrogen-bond acceptors (Lipinski definition) is 5. The van der Waals surface area contributed by atoms with Crippen molar-refractivity contribution in [2.45, 2.75) is 19.8 Å². The van der Waals surface area contributed by atoms with Crippen molar-refractivity contribution in [1.29, 1.82) is 0 Å². The Bertz CT molecular complexity index is 1260. The molecule has 0 unspecified atom stereocenters. The van der Waals surface area contributed by atoms with Gasteiger partial charge in [-0.1, -0.05) is 17.7 Å². The van der Waals surface area contributed by atoms with Crippen LogP contribution in [-0.4, -0.2) is 42.8 Å². The molecule has 0 aromatic heterocycles. The number of hydrogen-bond donors (Lipinski definition) is 1. The second-order valence-corrected chi connectivity index (χ2v) is 8.36. The molecule has 0 saturated heterocycles. The minimum absolute atomic E-state index is 0.233. The van der Waals surface area contributed by atoms with E-state index in [2.05, 4.69) is 10.4 Å². The summed E-state index contributed by atoms with van der Waals surface area (Å²) in [6, 6.07) is 19.1. The van der Waals surface area contributed by atoms with Crippen LogP contribution in [0.3, 0.4) is 0 Å². The van der Waals surface area contributed by atoms with Crippen LogP contribution in [0.5, 0.6) is 11.5 Å². The van der Waals surface area contributed by atoms with Crippen LogP contribution in [0.2, 0.25) is 5.02 Å². The number of benzene rings is 3. The molecular weight excluding hydrogens is 466 g/mol. The number of hydrazone groups is 1. The molecule has 35 heavy (non-hydrogen) atoms. The number of methoxy groups -OCH3 is 1. The Labute approximate surface area is 209 Å². The summed E-state index contributed by atoms with van der Waals surface area (Å²) in [5.74, 6) is 0.776. The van der Waals surface area contributed by atoms with E-state index in [0.29, 0.717) is 46.5 Å². The number of carbonyl (C=O) groups is 2. The number of anilines is 1. The summed E-state index contributed by atoms with van der Waals surface area (Å²) in [7, 11) is 1.60. The molecule has 8 heteroatoms. The Hall–Kier alpha value is -3.84. The largest absolute Gasteiger partial charge is 0.493 e. The maximum Gasteiger partial charge on any atom is 0.274 e. The molecule has 7 nitrogen and oxygen atoms in total. The van der Waals surface area contributed by atoms with E-state index in [4.69, 9.17) is 21.1 Å². The van der Waals surface area contributed by atoms with Crippen molar-refractivity contribution in [3.05, 3.63) is 88.4 Å². The average molecular weight is 492 g/mol. The highest BCUT2D eigenvalue weighted by Gasteiger charge is 2.22. The van der Waals surface area contributed by atoms with Gasteiger partial charge in [0.05, 0.1) is 19.4 Å². The maximum absolute atomic E-state index is 13.2. The smallest absolute Gasteiger partial charge is 0.274 e. The van der Waals surface area contributed by atoms with Crippen LogP contribution in [0.1, 0.15) is 46.0 Å². The summed E-state index contributed by atoms with van der Waals surface area (Å²) in [5.41, 5.74) is 3.13. The fourth-order valence-electron chi connectivity index (χ4n) is 3.80. The molecule has 3 aromatic carbocycles. The van der Waals surface area contributed by atoms with Crippen LogP contribution in [0.25, 0.3) is 0 Å². The number of rotatable bonds is 7. The molecule has 180 valence electrons. The van der Waals surface area contributed by atoms with E-state index in [9.17, 15) is 9.59 Å². The van der Waals surface area contributed by atoms with Gasteiger partial charge in [0.2, 0.25) is 0 Å². The lowest BCUT2D eigenvalue weighted by atomic mass is 10.0. The zero-order chi connectivity index (χ0) is 24.8. The monoisotopic (exact) mass is 491 g/mol. The summed E-state index contributed by atoms with van der Waals surface area (Å²) < 4.78 is 11.0. The first-order valence-electron chi connectivity index (χ1n) is 11.4. The molecule has 0 saturated carbocycles. The van der Waals surface area contributed by atoms with Crippen molar-refractivity contribution in [3.63, 3.8) is 0 Å². The summed E-state index contributed by atoms with van der Waals surface area (Å²) in [5, 5.41) is 9.49. The molecule has 1 N–H and O–H groups in total. The molecule has 1 aliphatic rings. The van der Waals surface area contributed by atoms with Gasteiger partial charge in [-0.15, -0.1) is 0 Å². The lowest BCUT2D eigenvalue weighted by Gasteiger charge is -2.24. The fourth-order valence-corrected chi connectivity index (χ4v) is 3.93. The number of amides is 2. The highest BCUT2D eigenvalue weighted by molar-refractivity contribution is 6.30. The SMILES string of the molecule is CCOc1cc(C2=NN(C(=O)c3cccc(NC(=O)c4ccc(Cl)cc4)c3)CCC2)ccc1OC. The quantitative estimate of drug-likeness (QED) is 0.463. The highest BCUT2D eigenvalue weighted by atomic mass is 35.5. The van der Waals surface area contributed by atoms with Gasteiger partial charge < -0.3 is 14.8 Å². The first kappa shape index (κ1) is 24.3. The van der Waals surface area contributed by atoms with Crippen LogP contribution >= 0.6 is 11.6 Å². The molecule has 1 heterocycles. The third-order valence-corrected chi connectivity index (χ3v) is 5.78. The zero-order valence-corrected chi connectivity index (χ0v) is 20.3. The van der Waals surface area contributed by atoms with Gasteiger partial charge in [-0.2, -0.15) is 5.10 Å². The molecule has 0 bridgehead atoms. The summed E-state index contributed by atoms with van der Waals surface area (Å²) in [6.07, 6.45) is 1.53. The number of nitrogens with zero attached hydrogens (tertiary/aromatic N) is 2. The lowest BCUT2D eigenvalue weighted by molar-refractivity contribution is 0.0751. The molecule has 1 aliphatic heterocycles. The second kappa shape index (κ2) is 11.1. The van der Waals surface area contributed by atoms with Gasteiger partial charge in [0, 0.05) is 33.9 Å². The molecule has 0 aliphatic carbocycles. The molecule has 4 rings (SSSR count). The van der Waals surface area contributed by atoms with Crippen molar-refractivity contribution in [2.24, 2.45) is 5.10 Å². The van der Waals surface area contributed by atoms with E-state index in [-0.39, 0.29) is 11.8 Å². The fraction of sp³-hybridized carbons (Fsp3) is 0.222. The third-order valence-electron chi connectivity index (χ3n) is 5.53. The van der Waals surface area contributed by atoms with Gasteiger partial charge >= 0.3 is 0 Å². The molecular formula is C27H26ClN3O4. The van der Waals surface area contributed by atoms with Gasteiger partial charge in [-0.3, -0.25) is 9.59 Å². The summed E-state index contributed by atoms with van der Waals surface area (Å²) >= 11 is 5.89. The van der Waals surface area contributed by atoms with E-state index < -0.39 is 0 Å². The van der Waals surface area contributed by atoms with Crippen LogP contribution < -0.4 is 14.8 Å². The Morgan fingerprint density at radius 3 is 2.57 bits per heavy atom. The van der Waals surface area contributed by atoms with Crippen LogP contribution in [0.15, 0.2) is 71.8 Å². The Kier molecular flexibility index (Phi) is 7.67. The third kappa shape index (κ3) is 5.81. The van der Waals surface area contributed by atoms with Gasteiger partial charge in [0.25, 0.3) is 11.8 Å². The number of carbonyl (C=O) groups excluding carboxylic acids is 2. The highest BCUT2D eigenvalue weighted by Crippen LogP contribution is 2.29. The molecule has 3 aromatic rings. The van der Waals surface area contributed by atoms with E-state index in [0.717, 1.165) is 24.1 Å². The van der Waals surface area contributed by atoms with Crippen molar-refractivity contribution in [1.82, 2.24) is 5.01 Å². The minimum atomic E-state index is -0.283. The van der Waals surface area contributed by atoms with Gasteiger partial charge in [0.1, 0.15) is 0 Å². The van der Waals surface area contributed by atoms with Gasteiger partial charge in [-0.05, 0) is 80.4 Å². The summed E-state index contributed by atoms with van der Waals surface area (Å²) in [4.78, 5) is 25.8. The number of ether oxygens (including phenoxy) is 2. The van der Waals surface area contributed by atoms with Crippen LogP contribution in [0.4, 0.5) is 5.69 Å². The standard InChI is InChI=1S/C27H26ClN3O4/c1-3-35-25-17-19(11-14-24(25)34-2)23-8-5-15-31(30-23)27(33)20-6-4-7-22(16-20)29-26(32)18-9-12-21(28)13-10-18/h4,6-7,9-14,16-17H,3,5,8,15H2,1-2H3,(H,29,32). The first-order valence-corrected chi connectivity index (χ1v) is 11.7. The Morgan fingerprint density at radius 2 is 1.83 bits per heavy atom. The lowest BCUT2D eigenvalue weighted by Crippen LogP contribution is -2.32. The topological polar surface area (TPSA) is 80.2 Å².